The first-order valence-electron chi connectivity index (χ1n) is 4.64. The number of thiocarbonyl (C=S) groups is 1. The molecule has 1 aromatic heterocycles. The van der Waals surface area contributed by atoms with Crippen molar-refractivity contribution in [1.29, 1.82) is 0 Å². The number of nitrogens with one attached hydrogen (secondary N) is 2. The van der Waals surface area contributed by atoms with E-state index in [-0.39, 0.29) is 0 Å². The Hall–Kier alpha value is -0.680. The molecule has 5 heteroatoms. The van der Waals surface area contributed by atoms with E-state index in [0.717, 1.165) is 30.3 Å². The summed E-state index contributed by atoms with van der Waals surface area (Å²) in [7, 11) is 0. The molecule has 1 heterocycles. The maximum absolute atomic E-state index is 5.10. The standard InChI is InChI=1S/C9H15N3S2/c1-3-4-10-9(13)11-5-8-7(2)12-6-14-8/h6H,3-5H2,1-2H3,(H2,10,11,13). The molecule has 0 aliphatic heterocycles. The van der Waals surface area contributed by atoms with Gasteiger partial charge in [-0.1, -0.05) is 6.92 Å². The molecule has 0 atom stereocenters. The fourth-order valence-electron chi connectivity index (χ4n) is 0.957. The lowest BCUT2D eigenvalue weighted by Crippen LogP contribution is -2.35. The summed E-state index contributed by atoms with van der Waals surface area (Å²) in [6.07, 6.45) is 1.08. The molecular formula is C9H15N3S2. The van der Waals surface area contributed by atoms with Crippen molar-refractivity contribution in [2.24, 2.45) is 0 Å². The molecule has 14 heavy (non-hydrogen) atoms. The van der Waals surface area contributed by atoms with Crippen LogP contribution in [0.1, 0.15) is 23.9 Å². The fraction of sp³-hybridized carbons (Fsp3) is 0.556. The lowest BCUT2D eigenvalue weighted by atomic mass is 10.4. The average molecular weight is 229 g/mol. The third-order valence-electron chi connectivity index (χ3n) is 1.79. The van der Waals surface area contributed by atoms with Crippen molar-refractivity contribution in [2.75, 3.05) is 6.54 Å². The summed E-state index contributed by atoms with van der Waals surface area (Å²) in [4.78, 5) is 5.41. The minimum Gasteiger partial charge on any atom is -0.363 e. The third kappa shape index (κ3) is 3.59. The van der Waals surface area contributed by atoms with Crippen LogP contribution in [0, 0.1) is 6.92 Å². The van der Waals surface area contributed by atoms with E-state index in [1.807, 2.05) is 12.4 Å². The Balaban J connectivity index is 2.27. The van der Waals surface area contributed by atoms with E-state index in [0.29, 0.717) is 0 Å². The van der Waals surface area contributed by atoms with Crippen LogP contribution in [-0.4, -0.2) is 16.6 Å². The van der Waals surface area contributed by atoms with E-state index in [2.05, 4.69) is 22.5 Å². The molecule has 0 aliphatic carbocycles. The molecule has 0 bridgehead atoms. The van der Waals surface area contributed by atoms with Crippen LogP contribution >= 0.6 is 23.6 Å². The Morgan fingerprint density at radius 2 is 2.36 bits per heavy atom. The second kappa shape index (κ2) is 5.93. The number of nitrogens with zero attached hydrogens (tertiary/aromatic N) is 1. The highest BCUT2D eigenvalue weighted by Gasteiger charge is 2.01. The SMILES string of the molecule is CCCNC(=S)NCc1scnc1C. The van der Waals surface area contributed by atoms with Gasteiger partial charge in [-0.25, -0.2) is 4.98 Å². The highest BCUT2D eigenvalue weighted by atomic mass is 32.1. The average Bonchev–Trinajstić information content (AvgIpc) is 2.58. The molecule has 2 N–H and O–H groups in total. The van der Waals surface area contributed by atoms with E-state index in [1.165, 1.54) is 4.88 Å². The van der Waals surface area contributed by atoms with Gasteiger partial charge < -0.3 is 10.6 Å². The van der Waals surface area contributed by atoms with Gasteiger partial charge in [0.15, 0.2) is 5.11 Å². The summed E-state index contributed by atoms with van der Waals surface area (Å²) in [5.41, 5.74) is 2.94. The van der Waals surface area contributed by atoms with Crippen LogP contribution < -0.4 is 10.6 Å². The van der Waals surface area contributed by atoms with Crippen LogP contribution in [0.3, 0.4) is 0 Å². The molecule has 0 fully saturated rings. The summed E-state index contributed by atoms with van der Waals surface area (Å²) in [6.45, 7) is 5.82. The van der Waals surface area contributed by atoms with Gasteiger partial charge >= 0.3 is 0 Å². The first-order valence-corrected chi connectivity index (χ1v) is 5.93. The van der Waals surface area contributed by atoms with E-state index < -0.39 is 0 Å². The summed E-state index contributed by atoms with van der Waals surface area (Å²) < 4.78 is 0. The summed E-state index contributed by atoms with van der Waals surface area (Å²) in [5.74, 6) is 0. The lowest BCUT2D eigenvalue weighted by molar-refractivity contribution is 0.801. The molecule has 0 unspecified atom stereocenters. The zero-order valence-corrected chi connectivity index (χ0v) is 10.1. The van der Waals surface area contributed by atoms with Gasteiger partial charge in [0, 0.05) is 11.4 Å². The van der Waals surface area contributed by atoms with Crippen molar-refractivity contribution in [3.63, 3.8) is 0 Å². The molecule has 0 saturated carbocycles. The van der Waals surface area contributed by atoms with Gasteiger partial charge in [0.05, 0.1) is 17.7 Å². The molecule has 0 amide bonds. The highest BCUT2D eigenvalue weighted by molar-refractivity contribution is 7.80. The van der Waals surface area contributed by atoms with Gasteiger partial charge in [-0.15, -0.1) is 11.3 Å². The van der Waals surface area contributed by atoms with Gasteiger partial charge in [-0.2, -0.15) is 0 Å². The molecule has 0 aliphatic rings. The number of rotatable bonds is 4. The zero-order chi connectivity index (χ0) is 10.4. The first-order chi connectivity index (χ1) is 6.74. The van der Waals surface area contributed by atoms with Crippen molar-refractivity contribution < 1.29 is 0 Å². The molecule has 3 nitrogen and oxygen atoms in total. The number of hydrogen-bond acceptors (Lipinski definition) is 3. The minimum atomic E-state index is 0.722. The number of thiazole rings is 1. The monoisotopic (exact) mass is 229 g/mol. The topological polar surface area (TPSA) is 37.0 Å². The maximum Gasteiger partial charge on any atom is 0.166 e. The Bertz CT molecular complexity index is 296. The van der Waals surface area contributed by atoms with E-state index >= 15 is 0 Å². The van der Waals surface area contributed by atoms with Crippen molar-refractivity contribution in [3.8, 4) is 0 Å². The Labute approximate surface area is 93.9 Å². The predicted molar refractivity (Wildman–Crippen MR) is 64.6 cm³/mol. The van der Waals surface area contributed by atoms with Crippen molar-refractivity contribution in [1.82, 2.24) is 15.6 Å². The van der Waals surface area contributed by atoms with Gasteiger partial charge in [0.2, 0.25) is 0 Å². The van der Waals surface area contributed by atoms with Crippen molar-refractivity contribution in [2.45, 2.75) is 26.8 Å². The molecule has 0 spiro atoms. The van der Waals surface area contributed by atoms with Crippen LogP contribution in [-0.2, 0) is 6.54 Å². The fourth-order valence-corrected chi connectivity index (χ4v) is 1.85. The van der Waals surface area contributed by atoms with Crippen LogP contribution in [0.25, 0.3) is 0 Å². The van der Waals surface area contributed by atoms with E-state index in [1.54, 1.807) is 11.3 Å². The summed E-state index contributed by atoms with van der Waals surface area (Å²) in [6, 6.07) is 0. The Morgan fingerprint density at radius 1 is 1.57 bits per heavy atom. The normalized spacial score (nSPS) is 9.86. The summed E-state index contributed by atoms with van der Waals surface area (Å²) in [5, 5.41) is 6.99. The van der Waals surface area contributed by atoms with Gasteiger partial charge in [-0.05, 0) is 25.6 Å². The number of aromatic nitrogens is 1. The van der Waals surface area contributed by atoms with Gasteiger partial charge in [0.25, 0.3) is 0 Å². The quantitative estimate of drug-likeness (QED) is 0.772. The molecule has 0 aromatic carbocycles. The smallest absolute Gasteiger partial charge is 0.166 e. The van der Waals surface area contributed by atoms with Crippen LogP contribution in [0.4, 0.5) is 0 Å². The van der Waals surface area contributed by atoms with E-state index in [4.69, 9.17) is 12.2 Å². The molecule has 78 valence electrons. The predicted octanol–water partition coefficient (Wildman–Crippen LogP) is 1.83. The molecule has 1 rings (SSSR count). The van der Waals surface area contributed by atoms with Gasteiger partial charge in [0.1, 0.15) is 0 Å². The number of aryl methyl sites for hydroxylation is 1. The zero-order valence-electron chi connectivity index (χ0n) is 8.46. The maximum atomic E-state index is 5.10. The van der Waals surface area contributed by atoms with Crippen molar-refractivity contribution in [3.05, 3.63) is 16.1 Å². The molecule has 1 aromatic rings. The van der Waals surface area contributed by atoms with Crippen LogP contribution in [0.2, 0.25) is 0 Å². The lowest BCUT2D eigenvalue weighted by Gasteiger charge is -2.08. The Kier molecular flexibility index (Phi) is 4.82. The second-order valence-corrected chi connectivity index (χ2v) is 4.32. The summed E-state index contributed by atoms with van der Waals surface area (Å²) >= 11 is 6.75. The van der Waals surface area contributed by atoms with Crippen LogP contribution in [0.5, 0.6) is 0 Å². The Morgan fingerprint density at radius 3 is 2.93 bits per heavy atom. The van der Waals surface area contributed by atoms with Crippen molar-refractivity contribution >= 4 is 28.7 Å². The van der Waals surface area contributed by atoms with E-state index in [9.17, 15) is 0 Å². The largest absolute Gasteiger partial charge is 0.363 e. The highest BCUT2D eigenvalue weighted by Crippen LogP contribution is 2.10. The second-order valence-electron chi connectivity index (χ2n) is 2.97. The third-order valence-corrected chi connectivity index (χ3v) is 3.01. The minimum absolute atomic E-state index is 0.722. The molecular weight excluding hydrogens is 214 g/mol. The molecule has 0 radical (unpaired) electrons. The first kappa shape index (κ1) is 11.4. The van der Waals surface area contributed by atoms with Crippen LogP contribution in [0.15, 0.2) is 5.51 Å². The molecule has 0 saturated heterocycles. The number of hydrogen-bond donors (Lipinski definition) is 2. The van der Waals surface area contributed by atoms with Gasteiger partial charge in [-0.3, -0.25) is 0 Å².